The molecule has 2 rings (SSSR count). The Bertz CT molecular complexity index is 266. The molecule has 80 valence electrons. The quantitative estimate of drug-likeness (QED) is 0.446. The van der Waals surface area contributed by atoms with Crippen LogP contribution >= 0.6 is 23.3 Å². The predicted molar refractivity (Wildman–Crippen MR) is 56.9 cm³/mol. The lowest BCUT2D eigenvalue weighted by molar-refractivity contribution is 0.0208. The molecule has 0 aliphatic carbocycles. The van der Waals surface area contributed by atoms with E-state index in [9.17, 15) is 8.78 Å². The molecule has 2 heterocycles. The number of H-pyrrole nitrogens is 1. The topological polar surface area (TPSA) is 40.7 Å². The molecule has 0 aromatic carbocycles. The highest BCUT2D eigenvalue weighted by Gasteiger charge is 2.40. The molecule has 1 aromatic rings. The lowest BCUT2D eigenvalue weighted by atomic mass is 10.2. The van der Waals surface area contributed by atoms with E-state index in [0.717, 1.165) is 0 Å². The summed E-state index contributed by atoms with van der Waals surface area (Å²) in [7, 11) is 0. The summed E-state index contributed by atoms with van der Waals surface area (Å²) in [5.74, 6) is -2.00. The first-order valence-corrected chi connectivity index (χ1v) is 5.58. The van der Waals surface area contributed by atoms with E-state index in [1.807, 2.05) is 0 Å². The van der Waals surface area contributed by atoms with Gasteiger partial charge >= 0.3 is 0 Å². The molecular weight excluding hydrogens is 228 g/mol. The average Bonchev–Trinajstić information content (AvgIpc) is 2.76. The summed E-state index contributed by atoms with van der Waals surface area (Å²) in [6, 6.07) is -0.324. The lowest BCUT2D eigenvalue weighted by Gasteiger charge is -2.06. The third-order valence-electron chi connectivity index (χ3n) is 1.96. The van der Waals surface area contributed by atoms with Gasteiger partial charge in [-0.05, 0) is 0 Å². The van der Waals surface area contributed by atoms with Crippen molar-refractivity contribution in [1.29, 1.82) is 0 Å². The maximum atomic E-state index is 12.7. The number of thiol groups is 2. The average molecular weight is 239 g/mol. The van der Waals surface area contributed by atoms with E-state index in [1.54, 1.807) is 12.4 Å². The summed E-state index contributed by atoms with van der Waals surface area (Å²) in [5.41, 5.74) is 0. The van der Waals surface area contributed by atoms with Crippen molar-refractivity contribution in [1.82, 2.24) is 15.3 Å². The van der Waals surface area contributed by atoms with Gasteiger partial charge in [0.05, 0.1) is 12.6 Å². The van der Waals surface area contributed by atoms with Crippen LogP contribution in [0.3, 0.4) is 0 Å². The van der Waals surface area contributed by atoms with Gasteiger partial charge in [-0.15, -0.1) is 23.3 Å². The second-order valence-corrected chi connectivity index (χ2v) is 2.97. The van der Waals surface area contributed by atoms with Gasteiger partial charge < -0.3 is 10.3 Å². The molecule has 2 N–H and O–H groups in total. The maximum Gasteiger partial charge on any atom is 0.262 e. The third-order valence-corrected chi connectivity index (χ3v) is 1.96. The Morgan fingerprint density at radius 3 is 2.64 bits per heavy atom. The number of hydrogen-bond donors (Lipinski definition) is 4. The standard InChI is InChI=1S/C7H9F2N3.H2S2/c8-7(9)3-5(12-4-7)6-10-1-2-11-6;1-2/h1-2,5,12H,3-4H2,(H,10,11);1-2H/t5-;/m0./s1. The summed E-state index contributed by atoms with van der Waals surface area (Å²) < 4.78 is 25.4. The van der Waals surface area contributed by atoms with Gasteiger partial charge in [-0.1, -0.05) is 0 Å². The third kappa shape index (κ3) is 2.86. The molecule has 3 nitrogen and oxygen atoms in total. The summed E-state index contributed by atoms with van der Waals surface area (Å²) in [4.78, 5) is 6.72. The monoisotopic (exact) mass is 239 g/mol. The SMILES string of the molecule is FC1(F)CN[C@H](c2ncc[nH]2)C1.SS. The number of rotatable bonds is 1. The fraction of sp³-hybridized carbons (Fsp3) is 0.571. The molecule has 7 heteroatoms. The Kier molecular flexibility index (Phi) is 4.21. The first-order valence-electron chi connectivity index (χ1n) is 3.98. The normalized spacial score (nSPS) is 24.1. The second kappa shape index (κ2) is 4.99. The number of alkyl halides is 2. The van der Waals surface area contributed by atoms with E-state index in [1.165, 1.54) is 0 Å². The van der Waals surface area contributed by atoms with Gasteiger partial charge in [-0.2, -0.15) is 0 Å². The number of nitrogens with zero attached hydrogens (tertiary/aromatic N) is 1. The summed E-state index contributed by atoms with van der Waals surface area (Å²) >= 11 is 6.44. The Morgan fingerprint density at radius 2 is 2.21 bits per heavy atom. The lowest BCUT2D eigenvalue weighted by Crippen LogP contribution is -2.19. The van der Waals surface area contributed by atoms with Gasteiger partial charge in [0.15, 0.2) is 0 Å². The van der Waals surface area contributed by atoms with Crippen molar-refractivity contribution in [3.05, 3.63) is 18.2 Å². The van der Waals surface area contributed by atoms with Crippen LogP contribution in [-0.4, -0.2) is 22.4 Å². The zero-order valence-electron chi connectivity index (χ0n) is 7.24. The van der Waals surface area contributed by atoms with Crippen molar-refractivity contribution < 1.29 is 8.78 Å². The molecule has 1 atom stereocenters. The minimum absolute atomic E-state index is 0.166. The highest BCUT2D eigenvalue weighted by molar-refractivity contribution is 8.59. The van der Waals surface area contributed by atoms with Crippen LogP contribution in [0.1, 0.15) is 18.3 Å². The van der Waals surface area contributed by atoms with Crippen molar-refractivity contribution in [2.75, 3.05) is 6.54 Å². The molecule has 1 saturated heterocycles. The van der Waals surface area contributed by atoms with Crippen molar-refractivity contribution in [2.24, 2.45) is 0 Å². The van der Waals surface area contributed by atoms with Crippen molar-refractivity contribution in [2.45, 2.75) is 18.4 Å². The zero-order valence-corrected chi connectivity index (χ0v) is 9.03. The number of halogens is 2. The highest BCUT2D eigenvalue weighted by Crippen LogP contribution is 2.32. The van der Waals surface area contributed by atoms with E-state index >= 15 is 0 Å². The van der Waals surface area contributed by atoms with Gasteiger partial charge in [-0.25, -0.2) is 13.8 Å². The van der Waals surface area contributed by atoms with Gasteiger partial charge in [-0.3, -0.25) is 0 Å². The molecule has 0 unspecified atom stereocenters. The van der Waals surface area contributed by atoms with Crippen LogP contribution in [-0.2, 0) is 0 Å². The molecule has 14 heavy (non-hydrogen) atoms. The van der Waals surface area contributed by atoms with Crippen LogP contribution < -0.4 is 5.32 Å². The Hall–Kier alpha value is -0.270. The van der Waals surface area contributed by atoms with Crippen LogP contribution in [0.2, 0.25) is 0 Å². The van der Waals surface area contributed by atoms with E-state index < -0.39 is 5.92 Å². The minimum atomic E-state index is -2.59. The minimum Gasteiger partial charge on any atom is -0.347 e. The summed E-state index contributed by atoms with van der Waals surface area (Å²) in [6.45, 7) is -0.252. The molecule has 1 aromatic heterocycles. The Balaban J connectivity index is 0.000000461. The van der Waals surface area contributed by atoms with Crippen molar-refractivity contribution >= 4 is 23.3 Å². The van der Waals surface area contributed by atoms with Crippen LogP contribution in [0.4, 0.5) is 8.78 Å². The molecule has 1 fully saturated rings. The summed E-state index contributed by atoms with van der Waals surface area (Å²) in [5, 5.41) is 2.71. The first-order chi connectivity index (χ1) is 6.67. The van der Waals surface area contributed by atoms with Gasteiger partial charge in [0.2, 0.25) is 0 Å². The van der Waals surface area contributed by atoms with Crippen LogP contribution in [0, 0.1) is 0 Å². The van der Waals surface area contributed by atoms with Crippen molar-refractivity contribution in [3.8, 4) is 0 Å². The van der Waals surface area contributed by atoms with E-state index in [-0.39, 0.29) is 19.0 Å². The second-order valence-electron chi connectivity index (χ2n) is 2.97. The van der Waals surface area contributed by atoms with Crippen LogP contribution in [0.5, 0.6) is 0 Å². The van der Waals surface area contributed by atoms with Gasteiger partial charge in [0, 0.05) is 18.8 Å². The molecule has 0 spiro atoms. The first kappa shape index (κ1) is 11.8. The largest absolute Gasteiger partial charge is 0.347 e. The van der Waals surface area contributed by atoms with E-state index in [0.29, 0.717) is 5.82 Å². The fourth-order valence-electron chi connectivity index (χ4n) is 1.38. The Morgan fingerprint density at radius 1 is 1.50 bits per heavy atom. The molecule has 0 bridgehead atoms. The predicted octanol–water partition coefficient (Wildman–Crippen LogP) is 1.84. The number of nitrogens with one attached hydrogen (secondary N) is 2. The smallest absolute Gasteiger partial charge is 0.262 e. The molecule has 1 aliphatic rings. The van der Waals surface area contributed by atoms with Crippen LogP contribution in [0.25, 0.3) is 0 Å². The molecule has 0 radical (unpaired) electrons. The Labute approximate surface area is 90.9 Å². The summed E-state index contributed by atoms with van der Waals surface area (Å²) in [6.07, 6.45) is 3.03. The molecule has 1 aliphatic heterocycles. The van der Waals surface area contributed by atoms with Gasteiger partial charge in [0.25, 0.3) is 5.92 Å². The van der Waals surface area contributed by atoms with Gasteiger partial charge in [0.1, 0.15) is 5.82 Å². The maximum absolute atomic E-state index is 12.7. The number of aromatic amines is 1. The number of aromatic nitrogens is 2. The zero-order chi connectivity index (χ0) is 10.6. The van der Waals surface area contributed by atoms with Crippen LogP contribution in [0.15, 0.2) is 12.4 Å². The molecule has 0 saturated carbocycles. The fourth-order valence-corrected chi connectivity index (χ4v) is 1.38. The number of hydrogen-bond acceptors (Lipinski definition) is 4. The van der Waals surface area contributed by atoms with Crippen molar-refractivity contribution in [3.63, 3.8) is 0 Å². The molecular formula is C7H11F2N3S2. The van der Waals surface area contributed by atoms with E-state index in [2.05, 4.69) is 38.6 Å². The van der Waals surface area contributed by atoms with E-state index in [4.69, 9.17) is 0 Å². The number of imidazole rings is 1. The highest BCUT2D eigenvalue weighted by atomic mass is 33.1. The molecule has 0 amide bonds.